The van der Waals surface area contributed by atoms with Crippen molar-refractivity contribution in [2.75, 3.05) is 14.1 Å². The molecular weight excluding hydrogens is 488 g/mol. The highest BCUT2D eigenvalue weighted by molar-refractivity contribution is 6.25. The summed E-state index contributed by atoms with van der Waals surface area (Å²) in [4.78, 5) is 41.3. The highest BCUT2D eigenvalue weighted by Gasteiger charge is 2.72. The molecule has 0 aliphatic heterocycles. The summed E-state index contributed by atoms with van der Waals surface area (Å²) in [5, 5.41) is 45.2. The molecule has 0 unspecified atom stereocenters. The van der Waals surface area contributed by atoms with Crippen molar-refractivity contribution in [3.05, 3.63) is 45.7 Å². The van der Waals surface area contributed by atoms with E-state index in [0.29, 0.717) is 23.5 Å². The van der Waals surface area contributed by atoms with E-state index in [0.717, 1.165) is 0 Å². The molecule has 0 heterocycles. The maximum atomic E-state index is 14.2. The molecule has 9 heteroatoms. The monoisotopic (exact) mass is 522 g/mol. The van der Waals surface area contributed by atoms with Gasteiger partial charge in [0.2, 0.25) is 5.78 Å². The summed E-state index contributed by atoms with van der Waals surface area (Å²) in [6.45, 7) is 7.33. The number of rotatable bonds is 3. The number of hydrogen-bond donors (Lipinski definition) is 5. The van der Waals surface area contributed by atoms with Gasteiger partial charge in [-0.1, -0.05) is 39.5 Å². The summed E-state index contributed by atoms with van der Waals surface area (Å²) in [6, 6.07) is 1.85. The zero-order chi connectivity index (χ0) is 28.5. The van der Waals surface area contributed by atoms with E-state index < -0.39 is 57.0 Å². The van der Waals surface area contributed by atoms with Gasteiger partial charge in [0.25, 0.3) is 5.91 Å². The first-order valence-electron chi connectivity index (χ1n) is 12.5. The molecule has 3 aliphatic carbocycles. The Hall–Kier alpha value is -3.61. The summed E-state index contributed by atoms with van der Waals surface area (Å²) in [5.41, 5.74) is 0.0697. The number of fused-ring (bicyclic) bond motifs is 3. The summed E-state index contributed by atoms with van der Waals surface area (Å²) in [6.07, 6.45) is 0.783. The van der Waals surface area contributed by atoms with Crippen LogP contribution in [0.4, 0.5) is 0 Å². The lowest BCUT2D eigenvalue weighted by Gasteiger charge is -2.59. The number of nitrogens with two attached hydrogens (primary N) is 1. The molecule has 38 heavy (non-hydrogen) atoms. The lowest BCUT2D eigenvalue weighted by molar-refractivity contribution is -0.176. The zero-order valence-corrected chi connectivity index (χ0v) is 22.5. The summed E-state index contributed by atoms with van der Waals surface area (Å²) in [7, 11) is 3.14. The second kappa shape index (κ2) is 8.72. The molecule has 0 aromatic heterocycles. The third-order valence-electron chi connectivity index (χ3n) is 8.25. The van der Waals surface area contributed by atoms with Gasteiger partial charge in [-0.2, -0.15) is 0 Å². The maximum Gasteiger partial charge on any atom is 0.255 e. The largest absolute Gasteiger partial charge is 0.508 e. The molecule has 9 nitrogen and oxygen atoms in total. The normalized spacial score (nSPS) is 30.6. The van der Waals surface area contributed by atoms with Crippen LogP contribution in [0.5, 0.6) is 5.75 Å². The molecule has 0 spiro atoms. The molecule has 202 valence electrons. The van der Waals surface area contributed by atoms with E-state index in [1.807, 2.05) is 13.8 Å². The second-order valence-electron chi connectivity index (χ2n) is 11.8. The lowest BCUT2D eigenvalue weighted by atomic mass is 9.46. The van der Waals surface area contributed by atoms with Crippen molar-refractivity contribution < 1.29 is 34.8 Å². The molecule has 1 aromatic carbocycles. The van der Waals surface area contributed by atoms with E-state index in [1.54, 1.807) is 27.1 Å². The van der Waals surface area contributed by atoms with Gasteiger partial charge in [0.15, 0.2) is 11.4 Å². The number of phenols is 1. The first-order chi connectivity index (χ1) is 17.5. The Kier molecular flexibility index (Phi) is 6.29. The minimum atomic E-state index is -2.73. The third kappa shape index (κ3) is 3.51. The Bertz CT molecular complexity index is 1410. The number of carbonyl (C=O) groups is 3. The summed E-state index contributed by atoms with van der Waals surface area (Å²) >= 11 is 0. The quantitative estimate of drug-likeness (QED) is 0.298. The van der Waals surface area contributed by atoms with Crippen molar-refractivity contribution in [2.45, 2.75) is 58.6 Å². The van der Waals surface area contributed by atoms with Crippen molar-refractivity contribution in [1.29, 1.82) is 0 Å². The van der Waals surface area contributed by atoms with Crippen molar-refractivity contribution in [3.63, 3.8) is 0 Å². The summed E-state index contributed by atoms with van der Waals surface area (Å²) in [5.74, 6) is 1.54. The van der Waals surface area contributed by atoms with Gasteiger partial charge in [-0.05, 0) is 50.6 Å². The van der Waals surface area contributed by atoms with E-state index in [1.165, 1.54) is 17.9 Å². The molecule has 3 aliphatic rings. The van der Waals surface area contributed by atoms with Crippen LogP contribution in [0.25, 0.3) is 5.76 Å². The summed E-state index contributed by atoms with van der Waals surface area (Å²) < 4.78 is 0. The van der Waals surface area contributed by atoms with E-state index in [4.69, 9.17) is 5.73 Å². The van der Waals surface area contributed by atoms with Crippen LogP contribution >= 0.6 is 0 Å². The number of aliphatic hydroxyl groups is 3. The highest BCUT2D eigenvalue weighted by Crippen LogP contribution is 2.63. The number of nitrogens with zero attached hydrogens (tertiary/aromatic N) is 1. The molecule has 1 fully saturated rings. The van der Waals surface area contributed by atoms with Crippen LogP contribution in [0.1, 0.15) is 57.2 Å². The van der Waals surface area contributed by atoms with Crippen LogP contribution in [0, 0.1) is 28.6 Å². The van der Waals surface area contributed by atoms with Gasteiger partial charge in [0.05, 0.1) is 11.6 Å². The molecule has 1 amide bonds. The SMILES string of the molecule is CC(C)CC#Cc1ccc(O)c2c1C[C@@]1(C)C[C@@]3(C)[C@H](N(C)C)C(=O)C(C(N)=O)=C(O)[C@@]3(O)C(=O)C1=C2O. The number of aliphatic hydroxyl groups excluding tert-OH is 2. The van der Waals surface area contributed by atoms with Gasteiger partial charge in [-0.15, -0.1) is 0 Å². The van der Waals surface area contributed by atoms with Gasteiger partial charge < -0.3 is 26.2 Å². The highest BCUT2D eigenvalue weighted by atomic mass is 16.3. The molecular formula is C29H34N2O7. The minimum Gasteiger partial charge on any atom is -0.508 e. The Morgan fingerprint density at radius 2 is 1.82 bits per heavy atom. The van der Waals surface area contributed by atoms with Crippen LogP contribution in [0.2, 0.25) is 0 Å². The molecule has 0 saturated heterocycles. The van der Waals surface area contributed by atoms with Gasteiger partial charge in [0, 0.05) is 28.4 Å². The van der Waals surface area contributed by atoms with Crippen molar-refractivity contribution in [3.8, 4) is 17.6 Å². The Morgan fingerprint density at radius 3 is 2.37 bits per heavy atom. The predicted octanol–water partition coefficient (Wildman–Crippen LogP) is 2.14. The van der Waals surface area contributed by atoms with Crippen LogP contribution in [0.3, 0.4) is 0 Å². The molecule has 0 bridgehead atoms. The van der Waals surface area contributed by atoms with E-state index >= 15 is 0 Å². The number of phenolic OH excluding ortho intramolecular Hbond substituents is 1. The van der Waals surface area contributed by atoms with Crippen molar-refractivity contribution in [1.82, 2.24) is 4.90 Å². The van der Waals surface area contributed by atoms with Crippen molar-refractivity contribution in [2.24, 2.45) is 22.5 Å². The van der Waals surface area contributed by atoms with Gasteiger partial charge in [0.1, 0.15) is 22.8 Å². The fourth-order valence-electron chi connectivity index (χ4n) is 6.79. The Labute approximate surface area is 221 Å². The fraction of sp³-hybridized carbons (Fsp3) is 0.483. The van der Waals surface area contributed by atoms with E-state index in [-0.39, 0.29) is 29.7 Å². The number of aromatic hydroxyl groups is 1. The van der Waals surface area contributed by atoms with Crippen LogP contribution in [-0.4, -0.2) is 68.5 Å². The van der Waals surface area contributed by atoms with E-state index in [9.17, 15) is 34.8 Å². The van der Waals surface area contributed by atoms with Crippen LogP contribution in [0.15, 0.2) is 29.0 Å². The maximum absolute atomic E-state index is 14.2. The number of benzene rings is 1. The average Bonchev–Trinajstić information content (AvgIpc) is 2.77. The number of Topliss-reactive ketones (excluding diaryl/α,β-unsaturated/α-hetero) is 2. The number of ketones is 2. The van der Waals surface area contributed by atoms with Gasteiger partial charge in [-0.25, -0.2) is 0 Å². The number of likely N-dealkylation sites (N-methyl/N-ethyl adjacent to an activating group) is 1. The molecule has 4 atom stereocenters. The van der Waals surface area contributed by atoms with Gasteiger partial charge in [-0.3, -0.25) is 19.3 Å². The molecule has 1 saturated carbocycles. The number of primary amides is 1. The second-order valence-corrected chi connectivity index (χ2v) is 11.8. The Morgan fingerprint density at radius 1 is 1.18 bits per heavy atom. The van der Waals surface area contributed by atoms with Crippen LogP contribution in [-0.2, 0) is 20.8 Å². The first kappa shape index (κ1) is 27.4. The minimum absolute atomic E-state index is 0.0275. The third-order valence-corrected chi connectivity index (χ3v) is 8.25. The number of hydrogen-bond acceptors (Lipinski definition) is 8. The molecule has 6 N–H and O–H groups in total. The van der Waals surface area contributed by atoms with Gasteiger partial charge >= 0.3 is 0 Å². The Balaban J connectivity index is 2.03. The molecule has 0 radical (unpaired) electrons. The lowest BCUT2D eigenvalue weighted by Crippen LogP contribution is -2.72. The predicted molar refractivity (Wildman–Crippen MR) is 140 cm³/mol. The number of amides is 1. The average molecular weight is 523 g/mol. The van der Waals surface area contributed by atoms with Crippen molar-refractivity contribution >= 4 is 23.2 Å². The van der Waals surface area contributed by atoms with E-state index in [2.05, 4.69) is 11.8 Å². The zero-order valence-electron chi connectivity index (χ0n) is 22.5. The first-order valence-corrected chi connectivity index (χ1v) is 12.5. The molecule has 4 rings (SSSR count). The fourth-order valence-corrected chi connectivity index (χ4v) is 6.79. The number of carbonyl (C=O) groups excluding carboxylic acids is 3. The molecule has 1 aromatic rings. The van der Waals surface area contributed by atoms with Crippen LogP contribution < -0.4 is 5.73 Å². The standard InChI is InChI=1S/C29H34N2O7/c1-14(2)8-7-9-15-10-11-17(32)18-16(15)12-27(3)13-28(4)23(31(5)6)22(34)19(26(30)37)24(35)29(28,38)25(36)20(27)21(18)33/h10-11,14,23,32-33,35,38H,8,12-13H2,1-6H3,(H2,30,37)/t23-,27+,28+,29-/m1/s1. The topological polar surface area (TPSA) is 161 Å². The smallest absolute Gasteiger partial charge is 0.255 e.